The number of carbonyl (C=O) groups is 2. The molecule has 0 aliphatic carbocycles. The molecule has 2 amide bonds. The third kappa shape index (κ3) is 4.28. The van der Waals surface area contributed by atoms with E-state index in [0.29, 0.717) is 6.42 Å². The first-order valence-electron chi connectivity index (χ1n) is 5.05. The predicted octanol–water partition coefficient (Wildman–Crippen LogP) is -1.19. The molecule has 92 valence electrons. The third-order valence-electron chi connectivity index (χ3n) is 2.28. The number of hydrogen-bond donors (Lipinski definition) is 2. The number of nitrogens with one attached hydrogen (secondary N) is 2. The Balaban J connectivity index is 2.48. The maximum absolute atomic E-state index is 11.4. The highest BCUT2D eigenvalue weighted by Gasteiger charge is 2.27. The van der Waals surface area contributed by atoms with Crippen molar-refractivity contribution in [3.8, 4) is 0 Å². The lowest BCUT2D eigenvalue weighted by atomic mass is 10.1. The molecule has 7 heteroatoms. The van der Waals surface area contributed by atoms with Gasteiger partial charge in [-0.1, -0.05) is 0 Å². The zero-order valence-electron chi connectivity index (χ0n) is 9.32. The van der Waals surface area contributed by atoms with Gasteiger partial charge in [-0.2, -0.15) is 0 Å². The lowest BCUT2D eigenvalue weighted by molar-refractivity contribution is -0.134. The summed E-state index contributed by atoms with van der Waals surface area (Å²) >= 11 is 0. The van der Waals surface area contributed by atoms with E-state index >= 15 is 0 Å². The molecule has 0 radical (unpaired) electrons. The topological polar surface area (TPSA) is 92.3 Å². The monoisotopic (exact) mass is 248 g/mol. The average molecular weight is 248 g/mol. The second-order valence-electron chi connectivity index (χ2n) is 4.16. The normalized spacial score (nSPS) is 24.0. The van der Waals surface area contributed by atoms with E-state index < -0.39 is 15.9 Å². The van der Waals surface area contributed by atoms with Gasteiger partial charge in [-0.05, 0) is 13.3 Å². The molecule has 0 aromatic carbocycles. The van der Waals surface area contributed by atoms with E-state index in [1.54, 1.807) is 6.92 Å². The van der Waals surface area contributed by atoms with Crippen LogP contribution in [0, 0.1) is 0 Å². The molecule has 0 aromatic rings. The number of carbonyl (C=O) groups excluding carboxylic acids is 2. The molecule has 1 rings (SSSR count). The molecule has 0 bridgehead atoms. The number of sulfone groups is 1. The fourth-order valence-electron chi connectivity index (χ4n) is 1.70. The van der Waals surface area contributed by atoms with E-state index in [0.717, 1.165) is 6.26 Å². The van der Waals surface area contributed by atoms with Gasteiger partial charge in [-0.3, -0.25) is 14.9 Å². The average Bonchev–Trinajstić information content (AvgIpc) is 2.06. The Morgan fingerprint density at radius 3 is 2.62 bits per heavy atom. The van der Waals surface area contributed by atoms with Crippen LogP contribution in [-0.2, 0) is 19.4 Å². The van der Waals surface area contributed by atoms with Crippen LogP contribution in [0.2, 0.25) is 0 Å². The molecule has 2 unspecified atom stereocenters. The molecule has 1 saturated heterocycles. The highest BCUT2D eigenvalue weighted by molar-refractivity contribution is 7.90. The van der Waals surface area contributed by atoms with Crippen molar-refractivity contribution in [2.24, 2.45) is 0 Å². The summed E-state index contributed by atoms with van der Waals surface area (Å²) in [7, 11) is -3.06. The Morgan fingerprint density at radius 1 is 1.50 bits per heavy atom. The van der Waals surface area contributed by atoms with Crippen LogP contribution >= 0.6 is 0 Å². The standard InChI is InChI=1S/C9H16N2O4S/c1-6(5-16(2,14)15)10-7-3-4-8(12)11-9(7)13/h6-7,10H,3-5H2,1-2H3,(H,11,12,13). The first kappa shape index (κ1) is 13.1. The Labute approximate surface area is 94.7 Å². The number of imide groups is 1. The van der Waals surface area contributed by atoms with Gasteiger partial charge in [0.15, 0.2) is 0 Å². The van der Waals surface area contributed by atoms with E-state index in [4.69, 9.17) is 0 Å². The first-order valence-corrected chi connectivity index (χ1v) is 7.11. The van der Waals surface area contributed by atoms with Crippen molar-refractivity contribution >= 4 is 21.7 Å². The van der Waals surface area contributed by atoms with Gasteiger partial charge in [0.05, 0.1) is 11.8 Å². The molecule has 0 spiro atoms. The summed E-state index contributed by atoms with van der Waals surface area (Å²) in [5.74, 6) is -0.680. The number of rotatable bonds is 4. The Hall–Kier alpha value is -0.950. The van der Waals surface area contributed by atoms with Crippen LogP contribution in [0.4, 0.5) is 0 Å². The molecule has 2 N–H and O–H groups in total. The Bertz CT molecular complexity index is 390. The van der Waals surface area contributed by atoms with Gasteiger partial charge in [-0.25, -0.2) is 8.42 Å². The minimum Gasteiger partial charge on any atom is -0.302 e. The molecule has 1 heterocycles. The lowest BCUT2D eigenvalue weighted by Gasteiger charge is -2.25. The fourth-order valence-corrected chi connectivity index (χ4v) is 2.70. The first-order chi connectivity index (χ1) is 7.28. The molecule has 1 aliphatic heterocycles. The highest BCUT2D eigenvalue weighted by Crippen LogP contribution is 2.05. The van der Waals surface area contributed by atoms with Crippen molar-refractivity contribution in [1.82, 2.24) is 10.6 Å². The maximum atomic E-state index is 11.4. The zero-order valence-corrected chi connectivity index (χ0v) is 10.1. The van der Waals surface area contributed by atoms with Crippen molar-refractivity contribution in [3.05, 3.63) is 0 Å². The van der Waals surface area contributed by atoms with Crippen molar-refractivity contribution < 1.29 is 18.0 Å². The molecule has 1 aliphatic rings. The summed E-state index contributed by atoms with van der Waals surface area (Å²) in [6.45, 7) is 1.70. The summed E-state index contributed by atoms with van der Waals surface area (Å²) in [5, 5.41) is 5.11. The number of hydrogen-bond acceptors (Lipinski definition) is 5. The van der Waals surface area contributed by atoms with Crippen LogP contribution in [-0.4, -0.2) is 44.3 Å². The summed E-state index contributed by atoms with van der Waals surface area (Å²) in [6.07, 6.45) is 1.85. The summed E-state index contributed by atoms with van der Waals surface area (Å²) in [4.78, 5) is 22.2. The van der Waals surface area contributed by atoms with Crippen molar-refractivity contribution in [3.63, 3.8) is 0 Å². The molecule has 0 aromatic heterocycles. The van der Waals surface area contributed by atoms with Crippen molar-refractivity contribution in [2.45, 2.75) is 31.8 Å². The van der Waals surface area contributed by atoms with Gasteiger partial charge in [0.25, 0.3) is 0 Å². The minimum atomic E-state index is -3.06. The second kappa shape index (κ2) is 4.92. The zero-order chi connectivity index (χ0) is 12.3. The SMILES string of the molecule is CC(CS(C)(=O)=O)NC1CCC(=O)NC1=O. The lowest BCUT2D eigenvalue weighted by Crippen LogP contribution is -2.53. The van der Waals surface area contributed by atoms with Crippen molar-refractivity contribution in [1.29, 1.82) is 0 Å². The van der Waals surface area contributed by atoms with Crippen LogP contribution in [0.3, 0.4) is 0 Å². The Morgan fingerprint density at radius 2 is 2.12 bits per heavy atom. The number of piperidine rings is 1. The molecular formula is C9H16N2O4S. The third-order valence-corrected chi connectivity index (χ3v) is 3.38. The van der Waals surface area contributed by atoms with Crippen LogP contribution < -0.4 is 10.6 Å². The largest absolute Gasteiger partial charge is 0.302 e. The van der Waals surface area contributed by atoms with Crippen LogP contribution in [0.5, 0.6) is 0 Å². The molecule has 1 fully saturated rings. The fraction of sp³-hybridized carbons (Fsp3) is 0.778. The van der Waals surface area contributed by atoms with Gasteiger partial charge < -0.3 is 5.32 Å². The summed E-state index contributed by atoms with van der Waals surface area (Å²) in [5.41, 5.74) is 0. The van der Waals surface area contributed by atoms with Crippen LogP contribution in [0.1, 0.15) is 19.8 Å². The molecule has 16 heavy (non-hydrogen) atoms. The van der Waals surface area contributed by atoms with Crippen LogP contribution in [0.25, 0.3) is 0 Å². The van der Waals surface area contributed by atoms with E-state index in [9.17, 15) is 18.0 Å². The summed E-state index contributed by atoms with van der Waals surface area (Å²) in [6, 6.07) is -0.784. The molecule has 6 nitrogen and oxygen atoms in total. The Kier molecular flexibility index (Phi) is 4.03. The van der Waals surface area contributed by atoms with Crippen molar-refractivity contribution in [2.75, 3.05) is 12.0 Å². The van der Waals surface area contributed by atoms with Gasteiger partial charge >= 0.3 is 0 Å². The minimum absolute atomic E-state index is 0.0231. The smallest absolute Gasteiger partial charge is 0.243 e. The molecule has 2 atom stereocenters. The van der Waals surface area contributed by atoms with Crippen LogP contribution in [0.15, 0.2) is 0 Å². The molecular weight excluding hydrogens is 232 g/mol. The predicted molar refractivity (Wildman–Crippen MR) is 58.5 cm³/mol. The van der Waals surface area contributed by atoms with Gasteiger partial charge in [0.1, 0.15) is 9.84 Å². The maximum Gasteiger partial charge on any atom is 0.243 e. The van der Waals surface area contributed by atoms with Gasteiger partial charge in [-0.15, -0.1) is 0 Å². The van der Waals surface area contributed by atoms with Gasteiger partial charge in [0, 0.05) is 18.7 Å². The van der Waals surface area contributed by atoms with E-state index in [2.05, 4.69) is 10.6 Å². The number of amides is 2. The van der Waals surface area contributed by atoms with Gasteiger partial charge in [0.2, 0.25) is 11.8 Å². The summed E-state index contributed by atoms with van der Waals surface area (Å²) < 4.78 is 22.0. The quantitative estimate of drug-likeness (QED) is 0.611. The van der Waals surface area contributed by atoms with E-state index in [1.165, 1.54) is 0 Å². The highest BCUT2D eigenvalue weighted by atomic mass is 32.2. The van der Waals surface area contributed by atoms with E-state index in [-0.39, 0.29) is 30.0 Å². The molecule has 0 saturated carbocycles. The second-order valence-corrected chi connectivity index (χ2v) is 6.35. The van der Waals surface area contributed by atoms with E-state index in [1.807, 2.05) is 0 Å².